The summed E-state index contributed by atoms with van der Waals surface area (Å²) in [7, 11) is 0. The maximum Gasteiger partial charge on any atom is 0.331 e. The highest BCUT2D eigenvalue weighted by atomic mass is 19.1. The van der Waals surface area contributed by atoms with Crippen LogP contribution in [0.5, 0.6) is 0 Å². The van der Waals surface area contributed by atoms with E-state index in [1.165, 1.54) is 22.9 Å². The molecule has 2 aromatic rings. The predicted octanol–water partition coefficient (Wildman–Crippen LogP) is 0.671. The number of halogens is 1. The fraction of sp³-hybridized carbons (Fsp3) is 0.214. The molecule has 0 aliphatic heterocycles. The lowest BCUT2D eigenvalue weighted by Crippen LogP contribution is -2.40. The Kier molecular flexibility index (Phi) is 3.89. The van der Waals surface area contributed by atoms with Crippen LogP contribution in [0.2, 0.25) is 0 Å². The minimum atomic E-state index is -0.632. The van der Waals surface area contributed by atoms with Crippen LogP contribution in [0.15, 0.2) is 34.0 Å². The lowest BCUT2D eigenvalue weighted by Gasteiger charge is -2.10. The van der Waals surface area contributed by atoms with Crippen LogP contribution < -0.4 is 17.0 Å². The fourth-order valence-electron chi connectivity index (χ4n) is 2.03. The SMILES string of the molecule is CCn1cc(N)c(=O)n(Cc2cc(F)cc(C#N)c2)c1=O. The quantitative estimate of drug-likeness (QED) is 0.898. The molecule has 0 unspecified atom stereocenters. The molecule has 0 atom stereocenters. The number of nitrogens with two attached hydrogens (primary N) is 1. The van der Waals surface area contributed by atoms with Gasteiger partial charge in [0.05, 0.1) is 18.2 Å². The smallest absolute Gasteiger partial charge is 0.331 e. The van der Waals surface area contributed by atoms with Crippen molar-refractivity contribution in [2.45, 2.75) is 20.0 Å². The van der Waals surface area contributed by atoms with Crippen LogP contribution in [0.3, 0.4) is 0 Å². The van der Waals surface area contributed by atoms with Crippen molar-refractivity contribution < 1.29 is 4.39 Å². The standard InChI is InChI=1S/C14H13FN4O2/c1-2-18-8-12(17)13(20)19(14(18)21)7-10-3-9(6-16)4-11(15)5-10/h3-5,8H,2,7,17H2,1H3. The van der Waals surface area contributed by atoms with Gasteiger partial charge in [0.1, 0.15) is 11.5 Å². The number of aryl methyl sites for hydroxylation is 1. The van der Waals surface area contributed by atoms with Gasteiger partial charge in [0.2, 0.25) is 0 Å². The summed E-state index contributed by atoms with van der Waals surface area (Å²) in [5.41, 5.74) is 4.83. The van der Waals surface area contributed by atoms with E-state index in [2.05, 4.69) is 0 Å². The van der Waals surface area contributed by atoms with Gasteiger partial charge in [-0.15, -0.1) is 0 Å². The van der Waals surface area contributed by atoms with Crippen molar-refractivity contribution in [3.8, 4) is 6.07 Å². The van der Waals surface area contributed by atoms with Gasteiger partial charge >= 0.3 is 5.69 Å². The number of nitrogens with zero attached hydrogens (tertiary/aromatic N) is 3. The summed E-state index contributed by atoms with van der Waals surface area (Å²) in [5.74, 6) is -0.600. The van der Waals surface area contributed by atoms with Gasteiger partial charge in [0, 0.05) is 12.7 Å². The molecule has 0 fully saturated rings. The third-order valence-corrected chi connectivity index (χ3v) is 3.03. The van der Waals surface area contributed by atoms with Crippen molar-refractivity contribution in [3.05, 3.63) is 62.2 Å². The van der Waals surface area contributed by atoms with Crippen LogP contribution in [-0.4, -0.2) is 9.13 Å². The van der Waals surface area contributed by atoms with Crippen LogP contribution in [0, 0.1) is 17.1 Å². The fourth-order valence-corrected chi connectivity index (χ4v) is 2.03. The number of anilines is 1. The lowest BCUT2D eigenvalue weighted by atomic mass is 10.1. The van der Waals surface area contributed by atoms with E-state index in [9.17, 15) is 14.0 Å². The third-order valence-electron chi connectivity index (χ3n) is 3.03. The Balaban J connectivity index is 2.57. The zero-order valence-corrected chi connectivity index (χ0v) is 11.3. The molecule has 0 radical (unpaired) electrons. The molecule has 1 heterocycles. The summed E-state index contributed by atoms with van der Waals surface area (Å²) in [5, 5.41) is 8.82. The molecule has 1 aromatic carbocycles. The summed E-state index contributed by atoms with van der Waals surface area (Å²) in [4.78, 5) is 24.1. The topological polar surface area (TPSA) is 93.8 Å². The van der Waals surface area contributed by atoms with E-state index in [1.54, 1.807) is 6.92 Å². The minimum absolute atomic E-state index is 0.0617. The van der Waals surface area contributed by atoms with E-state index in [1.807, 2.05) is 6.07 Å². The Labute approximate surface area is 119 Å². The van der Waals surface area contributed by atoms with Gasteiger partial charge in [-0.25, -0.2) is 9.18 Å². The van der Waals surface area contributed by atoms with E-state index in [4.69, 9.17) is 11.0 Å². The third kappa shape index (κ3) is 2.84. The first-order valence-electron chi connectivity index (χ1n) is 6.25. The van der Waals surface area contributed by atoms with Gasteiger partial charge in [-0.2, -0.15) is 5.26 Å². The second-order valence-electron chi connectivity index (χ2n) is 4.50. The average molecular weight is 288 g/mol. The lowest BCUT2D eigenvalue weighted by molar-refractivity contribution is 0.595. The van der Waals surface area contributed by atoms with E-state index >= 15 is 0 Å². The summed E-state index contributed by atoms with van der Waals surface area (Å²) < 4.78 is 15.6. The monoisotopic (exact) mass is 288 g/mol. The molecule has 21 heavy (non-hydrogen) atoms. The number of hydrogen-bond acceptors (Lipinski definition) is 4. The molecular weight excluding hydrogens is 275 g/mol. The van der Waals surface area contributed by atoms with Crippen molar-refractivity contribution in [1.82, 2.24) is 9.13 Å². The predicted molar refractivity (Wildman–Crippen MR) is 75.3 cm³/mol. The van der Waals surface area contributed by atoms with Crippen molar-refractivity contribution in [3.63, 3.8) is 0 Å². The van der Waals surface area contributed by atoms with Gasteiger partial charge in [-0.05, 0) is 30.7 Å². The number of nitriles is 1. The molecule has 2 rings (SSSR count). The first-order valence-corrected chi connectivity index (χ1v) is 6.25. The van der Waals surface area contributed by atoms with Crippen molar-refractivity contribution in [2.75, 3.05) is 5.73 Å². The Morgan fingerprint density at radius 1 is 1.33 bits per heavy atom. The second kappa shape index (κ2) is 5.63. The van der Waals surface area contributed by atoms with Crippen LogP contribution in [0.4, 0.5) is 10.1 Å². The molecule has 1 aromatic heterocycles. The van der Waals surface area contributed by atoms with Gasteiger partial charge < -0.3 is 5.73 Å². The van der Waals surface area contributed by atoms with E-state index in [-0.39, 0.29) is 17.8 Å². The molecule has 0 aliphatic rings. The van der Waals surface area contributed by atoms with Crippen molar-refractivity contribution in [1.29, 1.82) is 5.26 Å². The highest BCUT2D eigenvalue weighted by molar-refractivity contribution is 5.35. The van der Waals surface area contributed by atoms with Crippen LogP contribution in [-0.2, 0) is 13.1 Å². The molecule has 7 heteroatoms. The van der Waals surface area contributed by atoms with Crippen LogP contribution >= 0.6 is 0 Å². The highest BCUT2D eigenvalue weighted by Gasteiger charge is 2.10. The molecule has 0 bridgehead atoms. The zero-order chi connectivity index (χ0) is 15.6. The van der Waals surface area contributed by atoms with Crippen LogP contribution in [0.1, 0.15) is 18.1 Å². The normalized spacial score (nSPS) is 10.3. The maximum absolute atomic E-state index is 13.4. The molecule has 6 nitrogen and oxygen atoms in total. The number of nitrogen functional groups attached to an aromatic ring is 1. The zero-order valence-electron chi connectivity index (χ0n) is 11.3. The number of benzene rings is 1. The summed E-state index contributed by atoms with van der Waals surface area (Å²) in [6.07, 6.45) is 1.29. The van der Waals surface area contributed by atoms with E-state index in [0.717, 1.165) is 10.6 Å². The molecule has 0 saturated heterocycles. The highest BCUT2D eigenvalue weighted by Crippen LogP contribution is 2.09. The first-order chi connectivity index (χ1) is 9.96. The minimum Gasteiger partial charge on any atom is -0.393 e. The Bertz CT molecular complexity index is 846. The molecule has 108 valence electrons. The average Bonchev–Trinajstić information content (AvgIpc) is 2.46. The first kappa shape index (κ1) is 14.5. The number of rotatable bonds is 3. The van der Waals surface area contributed by atoms with Crippen molar-refractivity contribution >= 4 is 5.69 Å². The number of hydrogen-bond donors (Lipinski definition) is 1. The van der Waals surface area contributed by atoms with Crippen LogP contribution in [0.25, 0.3) is 0 Å². The van der Waals surface area contributed by atoms with Gasteiger partial charge in [-0.1, -0.05) is 0 Å². The summed E-state index contributed by atoms with van der Waals surface area (Å²) >= 11 is 0. The Hall–Kier alpha value is -2.88. The van der Waals surface area contributed by atoms with Gasteiger partial charge in [0.25, 0.3) is 5.56 Å². The molecule has 0 amide bonds. The molecule has 2 N–H and O–H groups in total. The van der Waals surface area contributed by atoms with E-state index in [0.29, 0.717) is 12.1 Å². The summed E-state index contributed by atoms with van der Waals surface area (Å²) in [6, 6.07) is 5.50. The molecule has 0 spiro atoms. The van der Waals surface area contributed by atoms with Gasteiger partial charge in [-0.3, -0.25) is 13.9 Å². The molecular formula is C14H13FN4O2. The van der Waals surface area contributed by atoms with Gasteiger partial charge in [0.15, 0.2) is 0 Å². The summed E-state index contributed by atoms with van der Waals surface area (Å²) in [6.45, 7) is 1.96. The Morgan fingerprint density at radius 2 is 2.05 bits per heavy atom. The van der Waals surface area contributed by atoms with E-state index < -0.39 is 17.1 Å². The second-order valence-corrected chi connectivity index (χ2v) is 4.50. The Morgan fingerprint density at radius 3 is 2.67 bits per heavy atom. The van der Waals surface area contributed by atoms with Crippen molar-refractivity contribution in [2.24, 2.45) is 0 Å². The maximum atomic E-state index is 13.4. The molecule has 0 aliphatic carbocycles. The molecule has 0 saturated carbocycles. The number of aromatic nitrogens is 2. The largest absolute Gasteiger partial charge is 0.393 e.